The highest BCUT2D eigenvalue weighted by molar-refractivity contribution is 7.89. The van der Waals surface area contributed by atoms with Gasteiger partial charge in [-0.2, -0.15) is 4.31 Å². The topological polar surface area (TPSA) is 46.6 Å². The molecule has 1 aliphatic rings. The maximum absolute atomic E-state index is 13.0. The van der Waals surface area contributed by atoms with Gasteiger partial charge in [-0.1, -0.05) is 0 Å². The Morgan fingerprint density at radius 2 is 2.19 bits per heavy atom. The van der Waals surface area contributed by atoms with E-state index in [9.17, 15) is 12.8 Å². The van der Waals surface area contributed by atoms with Gasteiger partial charge in [0.2, 0.25) is 10.0 Å². The molecule has 0 amide bonds. The fraction of sp³-hybridized carbons (Fsp3) is 0.400. The number of ether oxygens (including phenoxy) is 1. The molecule has 0 N–H and O–H groups in total. The highest BCUT2D eigenvalue weighted by Gasteiger charge is 2.27. The third-order valence-electron chi connectivity index (χ3n) is 2.49. The number of halogens is 1. The molecule has 4 nitrogen and oxygen atoms in total. The molecule has 1 aromatic carbocycles. The van der Waals surface area contributed by atoms with Gasteiger partial charge in [0.05, 0.1) is 11.5 Å². The molecule has 0 aromatic heterocycles. The van der Waals surface area contributed by atoms with E-state index in [1.165, 1.54) is 29.4 Å². The molecule has 1 fully saturated rings. The van der Waals surface area contributed by atoms with Crippen molar-refractivity contribution < 1.29 is 17.5 Å². The summed E-state index contributed by atoms with van der Waals surface area (Å²) in [6.45, 7) is 2.35. The Labute approximate surface area is 93.7 Å². The SMILES string of the molecule is Cc1cc(S(=O)(=O)N2CCOC2)ccc1F. The second-order valence-corrected chi connectivity index (χ2v) is 5.57. The van der Waals surface area contributed by atoms with Gasteiger partial charge >= 0.3 is 0 Å². The van der Waals surface area contributed by atoms with Crippen LogP contribution in [0.5, 0.6) is 0 Å². The molecule has 0 bridgehead atoms. The van der Waals surface area contributed by atoms with Gasteiger partial charge in [-0.05, 0) is 30.7 Å². The first kappa shape index (κ1) is 11.5. The van der Waals surface area contributed by atoms with E-state index in [0.29, 0.717) is 18.7 Å². The van der Waals surface area contributed by atoms with E-state index in [1.54, 1.807) is 0 Å². The summed E-state index contributed by atoms with van der Waals surface area (Å²) in [6.07, 6.45) is 0. The molecule has 16 heavy (non-hydrogen) atoms. The predicted molar refractivity (Wildman–Crippen MR) is 55.8 cm³/mol. The highest BCUT2D eigenvalue weighted by Crippen LogP contribution is 2.20. The van der Waals surface area contributed by atoms with Crippen molar-refractivity contribution >= 4 is 10.0 Å². The monoisotopic (exact) mass is 245 g/mol. The van der Waals surface area contributed by atoms with Gasteiger partial charge in [0.25, 0.3) is 0 Å². The van der Waals surface area contributed by atoms with Crippen LogP contribution in [0.1, 0.15) is 5.56 Å². The number of aryl methyl sites for hydroxylation is 1. The quantitative estimate of drug-likeness (QED) is 0.784. The number of rotatable bonds is 2. The van der Waals surface area contributed by atoms with Crippen molar-refractivity contribution in [2.45, 2.75) is 11.8 Å². The highest BCUT2D eigenvalue weighted by atomic mass is 32.2. The summed E-state index contributed by atoms with van der Waals surface area (Å²) in [7, 11) is -3.54. The zero-order chi connectivity index (χ0) is 11.8. The molecule has 0 atom stereocenters. The Kier molecular flexibility index (Phi) is 2.96. The van der Waals surface area contributed by atoms with E-state index < -0.39 is 15.8 Å². The molecule has 1 aromatic rings. The summed E-state index contributed by atoms with van der Waals surface area (Å²) in [4.78, 5) is 0.108. The molecule has 0 unspecified atom stereocenters. The number of nitrogens with zero attached hydrogens (tertiary/aromatic N) is 1. The number of sulfonamides is 1. The number of hydrogen-bond acceptors (Lipinski definition) is 3. The van der Waals surface area contributed by atoms with Crippen molar-refractivity contribution in [3.8, 4) is 0 Å². The van der Waals surface area contributed by atoms with Crippen LogP contribution in [0.2, 0.25) is 0 Å². The summed E-state index contributed by atoms with van der Waals surface area (Å²) in [5.74, 6) is -0.406. The van der Waals surface area contributed by atoms with Gasteiger partial charge in [-0.3, -0.25) is 0 Å². The molecule has 0 saturated carbocycles. The van der Waals surface area contributed by atoms with Gasteiger partial charge < -0.3 is 4.74 Å². The van der Waals surface area contributed by atoms with Gasteiger partial charge in [0.1, 0.15) is 12.5 Å². The fourth-order valence-corrected chi connectivity index (χ4v) is 2.91. The maximum Gasteiger partial charge on any atom is 0.245 e. The molecule has 0 aliphatic carbocycles. The first-order valence-corrected chi connectivity index (χ1v) is 6.30. The minimum Gasteiger partial charge on any atom is -0.364 e. The summed E-state index contributed by atoms with van der Waals surface area (Å²) in [5.41, 5.74) is 0.321. The van der Waals surface area contributed by atoms with Crippen molar-refractivity contribution in [1.29, 1.82) is 0 Å². The molecule has 1 heterocycles. The van der Waals surface area contributed by atoms with Crippen molar-refractivity contribution in [2.75, 3.05) is 19.9 Å². The average molecular weight is 245 g/mol. The lowest BCUT2D eigenvalue weighted by Gasteiger charge is -2.14. The summed E-state index contributed by atoms with van der Waals surface area (Å²) < 4.78 is 43.3. The van der Waals surface area contributed by atoms with Crippen LogP contribution in [-0.2, 0) is 14.8 Å². The Balaban J connectivity index is 2.39. The number of hydrogen-bond donors (Lipinski definition) is 0. The van der Waals surface area contributed by atoms with Gasteiger partial charge in [0.15, 0.2) is 0 Å². The minimum atomic E-state index is -3.54. The minimum absolute atomic E-state index is 0.0682. The van der Waals surface area contributed by atoms with Gasteiger partial charge in [0, 0.05) is 6.54 Å². The lowest BCUT2D eigenvalue weighted by atomic mass is 10.2. The molecule has 0 spiro atoms. The van der Waals surface area contributed by atoms with Gasteiger partial charge in [-0.15, -0.1) is 0 Å². The Morgan fingerprint density at radius 3 is 2.75 bits per heavy atom. The zero-order valence-corrected chi connectivity index (χ0v) is 9.63. The Morgan fingerprint density at radius 1 is 1.44 bits per heavy atom. The van der Waals surface area contributed by atoms with Gasteiger partial charge in [-0.25, -0.2) is 12.8 Å². The molecule has 1 aliphatic heterocycles. The van der Waals surface area contributed by atoms with Crippen LogP contribution in [0.15, 0.2) is 23.1 Å². The van der Waals surface area contributed by atoms with Crippen LogP contribution in [0.25, 0.3) is 0 Å². The lowest BCUT2D eigenvalue weighted by Crippen LogP contribution is -2.28. The molecular formula is C10H12FNO3S. The fourth-order valence-electron chi connectivity index (χ4n) is 1.51. The summed E-state index contributed by atoms with van der Waals surface area (Å²) >= 11 is 0. The molecule has 1 saturated heterocycles. The van der Waals surface area contributed by atoms with Crippen LogP contribution in [0, 0.1) is 12.7 Å². The molecule has 88 valence electrons. The van der Waals surface area contributed by atoms with E-state index in [1.807, 2.05) is 0 Å². The first-order chi connectivity index (χ1) is 7.51. The standard InChI is InChI=1S/C10H12FNO3S/c1-8-6-9(2-3-10(8)11)16(13,14)12-4-5-15-7-12/h2-3,6H,4-5,7H2,1H3. The van der Waals surface area contributed by atoms with E-state index in [-0.39, 0.29) is 11.6 Å². The van der Waals surface area contributed by atoms with Crippen LogP contribution >= 0.6 is 0 Å². The van der Waals surface area contributed by atoms with E-state index in [2.05, 4.69) is 0 Å². The summed E-state index contributed by atoms with van der Waals surface area (Å²) in [5, 5.41) is 0. The molecule has 2 rings (SSSR count). The normalized spacial score (nSPS) is 17.9. The maximum atomic E-state index is 13.0. The van der Waals surface area contributed by atoms with Crippen molar-refractivity contribution in [3.63, 3.8) is 0 Å². The second kappa shape index (κ2) is 4.12. The third-order valence-corrected chi connectivity index (χ3v) is 4.30. The molecule has 6 heteroatoms. The zero-order valence-electron chi connectivity index (χ0n) is 8.81. The Bertz CT molecular complexity index is 495. The van der Waals surface area contributed by atoms with Crippen LogP contribution in [0.3, 0.4) is 0 Å². The number of benzene rings is 1. The third kappa shape index (κ3) is 1.95. The first-order valence-electron chi connectivity index (χ1n) is 4.86. The Hall–Kier alpha value is -0.980. The van der Waals surface area contributed by atoms with Crippen LogP contribution < -0.4 is 0 Å². The van der Waals surface area contributed by atoms with Crippen LogP contribution in [-0.4, -0.2) is 32.6 Å². The average Bonchev–Trinajstić information content (AvgIpc) is 2.75. The molecular weight excluding hydrogens is 233 g/mol. The van der Waals surface area contributed by atoms with Crippen LogP contribution in [0.4, 0.5) is 4.39 Å². The van der Waals surface area contributed by atoms with Crippen molar-refractivity contribution in [1.82, 2.24) is 4.31 Å². The van der Waals surface area contributed by atoms with Crippen molar-refractivity contribution in [2.24, 2.45) is 0 Å². The van der Waals surface area contributed by atoms with E-state index >= 15 is 0 Å². The van der Waals surface area contributed by atoms with Crippen molar-refractivity contribution in [3.05, 3.63) is 29.6 Å². The predicted octanol–water partition coefficient (Wildman–Crippen LogP) is 1.11. The largest absolute Gasteiger partial charge is 0.364 e. The summed E-state index contributed by atoms with van der Waals surface area (Å²) in [6, 6.07) is 3.78. The molecule has 0 radical (unpaired) electrons. The van der Waals surface area contributed by atoms with E-state index in [0.717, 1.165) is 0 Å². The smallest absolute Gasteiger partial charge is 0.245 e. The second-order valence-electron chi connectivity index (χ2n) is 3.63. The lowest BCUT2D eigenvalue weighted by molar-refractivity contribution is 0.172. The van der Waals surface area contributed by atoms with E-state index in [4.69, 9.17) is 4.74 Å².